The highest BCUT2D eigenvalue weighted by molar-refractivity contribution is 7.61. The number of nitrogens with one attached hydrogen (secondary N) is 1. The van der Waals surface area contributed by atoms with E-state index in [1.165, 1.54) is 23.2 Å². The second-order valence-electron chi connectivity index (χ2n) is 8.16. The maximum Gasteiger partial charge on any atom is 0.481 e. The summed E-state index contributed by atoms with van der Waals surface area (Å²) in [7, 11) is -10.5. The molecule has 2 unspecified atom stereocenters. The van der Waals surface area contributed by atoms with E-state index in [-0.39, 0.29) is 11.0 Å². The van der Waals surface area contributed by atoms with Crippen molar-refractivity contribution < 1.29 is 62.2 Å². The molecular weight excluding hydrogens is 518 g/mol. The minimum atomic E-state index is -5.25. The number of pyridine rings is 1. The number of hydrogen-bond acceptors (Lipinski definition) is 13. The molecule has 0 radical (unpaired) electrons. The molecule has 6 heterocycles. The first-order valence-electron chi connectivity index (χ1n) is 10.2. The van der Waals surface area contributed by atoms with Gasteiger partial charge < -0.3 is 48.8 Å². The predicted octanol–water partition coefficient (Wildman–Crippen LogP) is -2.18. The number of nitrogens with zero attached hydrogens (tertiary/aromatic N) is 3. The second kappa shape index (κ2) is 8.78. The molecule has 35 heavy (non-hydrogen) atoms. The van der Waals surface area contributed by atoms with Crippen LogP contribution in [0.3, 0.4) is 0 Å². The lowest BCUT2D eigenvalue weighted by Gasteiger charge is -2.21. The van der Waals surface area contributed by atoms with Gasteiger partial charge in [-0.15, -0.1) is 0 Å². The Bertz CT molecular complexity index is 1280. The molecule has 6 rings (SSSR count). The van der Waals surface area contributed by atoms with E-state index in [4.69, 9.17) is 14.9 Å². The van der Waals surface area contributed by atoms with Crippen LogP contribution >= 0.6 is 15.6 Å². The van der Waals surface area contributed by atoms with E-state index >= 15 is 0 Å². The zero-order valence-electron chi connectivity index (χ0n) is 17.5. The number of aliphatic hydroxyl groups excluding tert-OH is 4. The van der Waals surface area contributed by atoms with Crippen LogP contribution in [0.25, 0.3) is 11.0 Å². The zero-order chi connectivity index (χ0) is 25.3. The summed E-state index contributed by atoms with van der Waals surface area (Å²) in [6.45, 7) is -1.66. The Balaban J connectivity index is 1.58. The van der Waals surface area contributed by atoms with E-state index in [0.717, 1.165) is 4.57 Å². The molecule has 4 aliphatic heterocycles. The molecule has 0 aliphatic carbocycles. The van der Waals surface area contributed by atoms with E-state index in [1.807, 2.05) is 0 Å². The number of aliphatic hydroxyl groups is 4. The molecule has 7 N–H and O–H groups in total. The molecule has 2 saturated heterocycles. The fourth-order valence-corrected chi connectivity index (χ4v) is 6.28. The number of aromatic nitrogens is 3. The van der Waals surface area contributed by atoms with Crippen LogP contribution in [-0.2, 0) is 32.0 Å². The van der Waals surface area contributed by atoms with Crippen molar-refractivity contribution >= 4 is 26.7 Å². The average molecular weight is 540 g/mol. The fraction of sp³-hybridized carbons (Fsp3) is 0.625. The van der Waals surface area contributed by atoms with Crippen molar-refractivity contribution in [1.29, 1.82) is 5.41 Å². The lowest BCUT2D eigenvalue weighted by Crippen LogP contribution is -2.35. The van der Waals surface area contributed by atoms with E-state index in [9.17, 15) is 39.3 Å². The van der Waals surface area contributed by atoms with Crippen molar-refractivity contribution in [3.63, 3.8) is 0 Å². The largest absolute Gasteiger partial charge is 0.481 e. The van der Waals surface area contributed by atoms with Crippen molar-refractivity contribution in [3.8, 4) is 0 Å². The Hall–Kier alpha value is -1.56. The van der Waals surface area contributed by atoms with Gasteiger partial charge in [-0.3, -0.25) is 14.5 Å². The molecule has 17 nitrogen and oxygen atoms in total. The SMILES string of the molecule is N=c1c2ncn3c2ccn1[C@@H]1O[C@H](COP(=O)(O)OP(=O)(O)OC[C@H]2O[C@@H]3[C@H](O)[C@@H]2O)[C@@H](O)[C@H]1O. The van der Waals surface area contributed by atoms with Crippen LogP contribution in [-0.4, -0.2) is 94.2 Å². The van der Waals surface area contributed by atoms with Crippen LogP contribution < -0.4 is 5.49 Å². The first-order valence-corrected chi connectivity index (χ1v) is 13.2. The topological polar surface area (TPSA) is 248 Å². The monoisotopic (exact) mass is 540 g/mol. The first kappa shape index (κ1) is 25.1. The van der Waals surface area contributed by atoms with Gasteiger partial charge in [0.1, 0.15) is 42.1 Å². The van der Waals surface area contributed by atoms with Gasteiger partial charge >= 0.3 is 15.6 Å². The van der Waals surface area contributed by atoms with E-state index < -0.39 is 77.9 Å². The summed E-state index contributed by atoms with van der Waals surface area (Å²) >= 11 is 0. The molecule has 0 aromatic carbocycles. The molecule has 0 spiro atoms. The summed E-state index contributed by atoms with van der Waals surface area (Å²) in [5.41, 5.74) is 0.151. The average Bonchev–Trinajstić information content (AvgIpc) is 3.41. The van der Waals surface area contributed by atoms with E-state index in [0.29, 0.717) is 5.52 Å². The maximum atomic E-state index is 12.2. The Morgan fingerprint density at radius 3 is 1.94 bits per heavy atom. The predicted molar refractivity (Wildman–Crippen MR) is 108 cm³/mol. The molecule has 4 aliphatic rings. The minimum absolute atomic E-state index is 0.0942. The Morgan fingerprint density at radius 1 is 0.886 bits per heavy atom. The third-order valence-electron chi connectivity index (χ3n) is 5.94. The Morgan fingerprint density at radius 2 is 1.40 bits per heavy atom. The number of rotatable bonds is 0. The van der Waals surface area contributed by atoms with E-state index in [2.05, 4.69) is 18.3 Å². The molecular formula is C16H22N4O13P2. The maximum absolute atomic E-state index is 12.2. The molecule has 2 aromatic heterocycles. The number of phosphoric acid groups is 2. The van der Waals surface area contributed by atoms with Crippen LogP contribution in [0.4, 0.5) is 0 Å². The molecule has 8 bridgehead atoms. The molecule has 2 aromatic rings. The van der Waals surface area contributed by atoms with Crippen LogP contribution in [0.2, 0.25) is 0 Å². The summed E-state index contributed by atoms with van der Waals surface area (Å²) in [6, 6.07) is 1.47. The van der Waals surface area contributed by atoms with Crippen molar-refractivity contribution in [2.24, 2.45) is 0 Å². The number of hydrogen-bond donors (Lipinski definition) is 7. The Labute approximate surface area is 195 Å². The minimum Gasteiger partial charge on any atom is -0.387 e. The summed E-state index contributed by atoms with van der Waals surface area (Å²) in [5, 5.41) is 50.1. The molecule has 2 fully saturated rings. The number of ether oxygens (including phenoxy) is 2. The van der Waals surface area contributed by atoms with Crippen molar-refractivity contribution in [1.82, 2.24) is 14.1 Å². The van der Waals surface area contributed by atoms with Gasteiger partial charge in [0, 0.05) is 6.20 Å². The summed E-state index contributed by atoms with van der Waals surface area (Å²) in [5.74, 6) is 0. The number of imidazole rings is 1. The second-order valence-corrected chi connectivity index (χ2v) is 11.2. The van der Waals surface area contributed by atoms with Gasteiger partial charge in [-0.2, -0.15) is 4.31 Å². The highest BCUT2D eigenvalue weighted by Crippen LogP contribution is 2.60. The quantitative estimate of drug-likeness (QED) is 0.176. The van der Waals surface area contributed by atoms with Gasteiger partial charge in [-0.1, -0.05) is 0 Å². The molecule has 0 saturated carbocycles. The van der Waals surface area contributed by atoms with Crippen molar-refractivity contribution in [2.45, 2.75) is 49.1 Å². The zero-order valence-corrected chi connectivity index (χ0v) is 19.3. The van der Waals surface area contributed by atoms with Crippen LogP contribution in [0, 0.1) is 5.41 Å². The van der Waals surface area contributed by atoms with Gasteiger partial charge in [-0.05, 0) is 6.07 Å². The lowest BCUT2D eigenvalue weighted by atomic mass is 10.1. The molecule has 194 valence electrons. The van der Waals surface area contributed by atoms with Crippen LogP contribution in [0.15, 0.2) is 18.6 Å². The van der Waals surface area contributed by atoms with E-state index in [1.54, 1.807) is 0 Å². The van der Waals surface area contributed by atoms with Gasteiger partial charge in [0.2, 0.25) is 0 Å². The number of phosphoric ester groups is 2. The third-order valence-corrected chi connectivity index (χ3v) is 8.54. The summed E-state index contributed by atoms with van der Waals surface area (Å²) in [4.78, 5) is 23.8. The third kappa shape index (κ3) is 4.42. The smallest absolute Gasteiger partial charge is 0.387 e. The lowest BCUT2D eigenvalue weighted by molar-refractivity contribution is -0.0558. The standard InChI is InChI=1S/C16H22N4O13P2/c17-14-9-6-1-2-19(14)15-12(23)10(21)7(31-15)3-29-34(25,26)33-35(27,28)30-4-8-11(22)13(24)16(32-8)20(6)5-18-9/h1-2,5,7-8,10-13,15-17,21-24H,3-4H2,(H,25,26)(H,27,28)/t7-,8-,10-,11-,12-,13-,15-,16-/m1/s1. The van der Waals surface area contributed by atoms with Gasteiger partial charge in [-0.25, -0.2) is 14.1 Å². The highest BCUT2D eigenvalue weighted by atomic mass is 31.3. The van der Waals surface area contributed by atoms with Gasteiger partial charge in [0.25, 0.3) is 0 Å². The summed E-state index contributed by atoms with van der Waals surface area (Å²) in [6.07, 6.45) is -9.08. The molecule has 10 atom stereocenters. The highest BCUT2D eigenvalue weighted by Gasteiger charge is 2.48. The van der Waals surface area contributed by atoms with Crippen molar-refractivity contribution in [3.05, 3.63) is 24.1 Å². The first-order chi connectivity index (χ1) is 16.4. The molecule has 19 heteroatoms. The van der Waals surface area contributed by atoms with Gasteiger partial charge in [0.15, 0.2) is 17.9 Å². The Kier molecular flexibility index (Phi) is 6.30. The van der Waals surface area contributed by atoms with Crippen LogP contribution in [0.5, 0.6) is 0 Å². The van der Waals surface area contributed by atoms with Gasteiger partial charge in [0.05, 0.1) is 25.1 Å². The fourth-order valence-electron chi connectivity index (χ4n) is 4.19. The van der Waals surface area contributed by atoms with Crippen molar-refractivity contribution in [2.75, 3.05) is 13.2 Å². The summed E-state index contributed by atoms with van der Waals surface area (Å²) < 4.78 is 51.4. The van der Waals surface area contributed by atoms with Crippen LogP contribution in [0.1, 0.15) is 12.5 Å². The number of fused-ring (bicyclic) bond motifs is 7. The normalized spacial score (nSPS) is 44.6. The molecule has 0 amide bonds.